The first-order valence-electron chi connectivity index (χ1n) is 13.9. The van der Waals surface area contributed by atoms with Gasteiger partial charge < -0.3 is 38.3 Å². The summed E-state index contributed by atoms with van der Waals surface area (Å²) >= 11 is 0. The van der Waals surface area contributed by atoms with E-state index in [0.717, 1.165) is 45.1 Å². The molecule has 0 aromatic heterocycles. The van der Waals surface area contributed by atoms with Crippen LogP contribution in [-0.4, -0.2) is 66.6 Å². The van der Waals surface area contributed by atoms with E-state index in [-0.39, 0.29) is 18.2 Å². The van der Waals surface area contributed by atoms with Crippen LogP contribution in [0.3, 0.4) is 0 Å². The fourth-order valence-corrected chi connectivity index (χ4v) is 3.98. The first kappa shape index (κ1) is 34.8. The van der Waals surface area contributed by atoms with Crippen molar-refractivity contribution in [1.82, 2.24) is 16.0 Å². The molecule has 0 fully saturated rings. The van der Waals surface area contributed by atoms with E-state index in [0.29, 0.717) is 38.6 Å². The third-order valence-electron chi connectivity index (χ3n) is 6.14. The van der Waals surface area contributed by atoms with Gasteiger partial charge >= 0.3 is 0 Å². The maximum atomic E-state index is 12.9. The molecule has 216 valence electrons. The van der Waals surface area contributed by atoms with Crippen LogP contribution in [0.4, 0.5) is 0 Å². The highest BCUT2D eigenvalue weighted by molar-refractivity contribution is 5.94. The van der Waals surface area contributed by atoms with Crippen LogP contribution in [0.15, 0.2) is 0 Å². The summed E-state index contributed by atoms with van der Waals surface area (Å²) in [6.45, 7) is 4.38. The first-order chi connectivity index (χ1) is 17.7. The van der Waals surface area contributed by atoms with E-state index in [4.69, 9.17) is 17.2 Å². The molecule has 0 saturated heterocycles. The first-order valence-corrected chi connectivity index (χ1v) is 13.9. The van der Waals surface area contributed by atoms with Gasteiger partial charge in [-0.05, 0) is 57.5 Å². The number of aliphatic hydroxyl groups is 1. The Morgan fingerprint density at radius 1 is 0.676 bits per heavy atom. The average molecular weight is 529 g/mol. The third-order valence-corrected chi connectivity index (χ3v) is 6.14. The molecule has 10 N–H and O–H groups in total. The molecule has 0 aromatic carbocycles. The van der Waals surface area contributed by atoms with E-state index in [1.54, 1.807) is 0 Å². The van der Waals surface area contributed by atoms with E-state index >= 15 is 0 Å². The van der Waals surface area contributed by atoms with Crippen LogP contribution in [-0.2, 0) is 19.2 Å². The van der Waals surface area contributed by atoms with Crippen molar-refractivity contribution in [2.75, 3.05) is 19.7 Å². The number of hydrogen-bond donors (Lipinski definition) is 7. The van der Waals surface area contributed by atoms with Gasteiger partial charge in [0.15, 0.2) is 0 Å². The van der Waals surface area contributed by atoms with Crippen molar-refractivity contribution in [3.05, 3.63) is 0 Å². The van der Waals surface area contributed by atoms with E-state index < -0.39 is 42.5 Å². The van der Waals surface area contributed by atoms with Gasteiger partial charge in [-0.3, -0.25) is 19.2 Å². The van der Waals surface area contributed by atoms with Crippen LogP contribution in [0.1, 0.15) is 97.3 Å². The smallest absolute Gasteiger partial charge is 0.245 e. The molecule has 11 nitrogen and oxygen atoms in total. The van der Waals surface area contributed by atoms with Crippen molar-refractivity contribution >= 4 is 23.6 Å². The number of hydrogen-bond acceptors (Lipinski definition) is 7. The summed E-state index contributed by atoms with van der Waals surface area (Å²) in [6, 6.07) is -2.99. The second-order valence-corrected chi connectivity index (χ2v) is 10.1. The molecular formula is C26H52N6O5. The van der Waals surface area contributed by atoms with E-state index in [1.807, 2.05) is 13.8 Å². The van der Waals surface area contributed by atoms with E-state index in [9.17, 15) is 24.3 Å². The summed E-state index contributed by atoms with van der Waals surface area (Å²) in [5.41, 5.74) is 16.5. The van der Waals surface area contributed by atoms with Gasteiger partial charge in [0.1, 0.15) is 18.1 Å². The Labute approximate surface area is 222 Å². The number of unbranched alkanes of at least 4 members (excludes halogenated alkanes) is 8. The van der Waals surface area contributed by atoms with Gasteiger partial charge in [-0.25, -0.2) is 0 Å². The Bertz CT molecular complexity index is 661. The number of aliphatic hydroxyl groups excluding tert-OH is 1. The highest BCUT2D eigenvalue weighted by atomic mass is 16.3. The minimum Gasteiger partial charge on any atom is -0.394 e. The van der Waals surface area contributed by atoms with E-state index in [1.165, 1.54) is 6.42 Å². The van der Waals surface area contributed by atoms with Gasteiger partial charge in [-0.2, -0.15) is 0 Å². The van der Waals surface area contributed by atoms with Crippen molar-refractivity contribution in [2.45, 2.75) is 115 Å². The Hall–Kier alpha value is -2.24. The maximum Gasteiger partial charge on any atom is 0.245 e. The lowest BCUT2D eigenvalue weighted by molar-refractivity contribution is -0.134. The zero-order chi connectivity index (χ0) is 28.1. The van der Waals surface area contributed by atoms with Gasteiger partial charge in [-0.1, -0.05) is 52.4 Å². The summed E-state index contributed by atoms with van der Waals surface area (Å²) in [7, 11) is 0. The highest BCUT2D eigenvalue weighted by Crippen LogP contribution is 2.10. The predicted octanol–water partition coefficient (Wildman–Crippen LogP) is 0.563. The molecule has 0 heterocycles. The molecule has 0 spiro atoms. The summed E-state index contributed by atoms with van der Waals surface area (Å²) in [5, 5.41) is 17.5. The fraction of sp³-hybridized carbons (Fsp3) is 0.846. The zero-order valence-corrected chi connectivity index (χ0v) is 22.9. The molecule has 0 bridgehead atoms. The van der Waals surface area contributed by atoms with Crippen LogP contribution < -0.4 is 33.2 Å². The lowest BCUT2D eigenvalue weighted by Gasteiger charge is -2.24. The average Bonchev–Trinajstić information content (AvgIpc) is 2.84. The Balaban J connectivity index is 4.76. The lowest BCUT2D eigenvalue weighted by atomic mass is 10.0. The van der Waals surface area contributed by atoms with Crippen LogP contribution in [0, 0.1) is 5.92 Å². The summed E-state index contributed by atoms with van der Waals surface area (Å²) in [5.74, 6) is -2.06. The molecule has 11 heteroatoms. The molecule has 0 unspecified atom stereocenters. The summed E-state index contributed by atoms with van der Waals surface area (Å²) < 4.78 is 0. The van der Waals surface area contributed by atoms with Crippen molar-refractivity contribution in [3.63, 3.8) is 0 Å². The Morgan fingerprint density at radius 2 is 1.16 bits per heavy atom. The fourth-order valence-electron chi connectivity index (χ4n) is 3.98. The summed E-state index contributed by atoms with van der Waals surface area (Å²) in [4.78, 5) is 49.8. The van der Waals surface area contributed by atoms with Gasteiger partial charge in [0.2, 0.25) is 23.6 Å². The number of amides is 4. The number of nitrogens with one attached hydrogen (secondary N) is 3. The van der Waals surface area contributed by atoms with Gasteiger partial charge in [-0.15, -0.1) is 0 Å². The minimum atomic E-state index is -1.18. The monoisotopic (exact) mass is 528 g/mol. The van der Waals surface area contributed by atoms with Crippen LogP contribution in [0.5, 0.6) is 0 Å². The minimum absolute atomic E-state index is 0.124. The van der Waals surface area contributed by atoms with Crippen molar-refractivity contribution < 1.29 is 24.3 Å². The largest absolute Gasteiger partial charge is 0.394 e. The van der Waals surface area contributed by atoms with Gasteiger partial charge in [0.05, 0.1) is 6.61 Å². The number of rotatable bonds is 23. The highest BCUT2D eigenvalue weighted by Gasteiger charge is 2.28. The SMILES string of the molecule is CC(C)C[C@H](NC(=O)[C@H](CCCCN)NC(=O)[C@H](CO)NC(=O)CCCCCCCCCCN)C(N)=O. The molecule has 37 heavy (non-hydrogen) atoms. The number of nitrogens with two attached hydrogens (primary N) is 3. The molecular weight excluding hydrogens is 476 g/mol. The quantitative estimate of drug-likeness (QED) is 0.0938. The molecule has 0 saturated carbocycles. The van der Waals surface area contributed by atoms with Crippen molar-refractivity contribution in [2.24, 2.45) is 23.1 Å². The number of carbonyl (C=O) groups excluding carboxylic acids is 4. The van der Waals surface area contributed by atoms with Gasteiger partial charge in [0.25, 0.3) is 0 Å². The van der Waals surface area contributed by atoms with E-state index in [2.05, 4.69) is 16.0 Å². The molecule has 0 aromatic rings. The number of carbonyl (C=O) groups is 4. The second-order valence-electron chi connectivity index (χ2n) is 10.1. The molecule has 3 atom stereocenters. The second kappa shape index (κ2) is 21.8. The molecule has 0 aliphatic rings. The Morgan fingerprint density at radius 3 is 1.68 bits per heavy atom. The molecule has 0 aliphatic carbocycles. The molecule has 0 aliphatic heterocycles. The Kier molecular flexibility index (Phi) is 20.5. The van der Waals surface area contributed by atoms with Crippen molar-refractivity contribution in [3.8, 4) is 0 Å². The topological polar surface area (TPSA) is 203 Å². The van der Waals surface area contributed by atoms with Crippen LogP contribution in [0.25, 0.3) is 0 Å². The molecule has 4 amide bonds. The normalized spacial score (nSPS) is 13.6. The summed E-state index contributed by atoms with van der Waals surface area (Å²) in [6.07, 6.45) is 10.5. The zero-order valence-electron chi connectivity index (χ0n) is 22.9. The molecule has 0 radical (unpaired) electrons. The standard InChI is InChI=1S/C26H52N6O5/c1-19(2)17-21(24(29)35)32-25(36)20(13-10-12-16-28)31-26(37)22(18-33)30-23(34)14-9-7-5-3-4-6-8-11-15-27/h19-22,33H,3-18,27-28H2,1-2H3,(H2,29,35)(H,30,34)(H,31,37)(H,32,36)/t20-,21-,22-/m0/s1. The third kappa shape index (κ3) is 17.8. The lowest BCUT2D eigenvalue weighted by Crippen LogP contribution is -2.57. The van der Waals surface area contributed by atoms with Crippen LogP contribution in [0.2, 0.25) is 0 Å². The van der Waals surface area contributed by atoms with Crippen molar-refractivity contribution in [1.29, 1.82) is 0 Å². The van der Waals surface area contributed by atoms with Gasteiger partial charge in [0, 0.05) is 6.42 Å². The van der Waals surface area contributed by atoms with Crippen LogP contribution >= 0.6 is 0 Å². The number of primary amides is 1. The predicted molar refractivity (Wildman–Crippen MR) is 145 cm³/mol. The molecule has 0 rings (SSSR count). The maximum absolute atomic E-state index is 12.9.